The Morgan fingerprint density at radius 2 is 1.70 bits per heavy atom. The van der Waals surface area contributed by atoms with Crippen molar-refractivity contribution in [3.05, 3.63) is 30.2 Å². The molecule has 0 aliphatic rings. The molecule has 4 heteroatoms. The number of hydrogen-bond donors (Lipinski definition) is 0. The molecule has 0 saturated carbocycles. The molecule has 112 valence electrons. The van der Waals surface area contributed by atoms with Gasteiger partial charge in [-0.2, -0.15) is 0 Å². The van der Waals surface area contributed by atoms with Crippen molar-refractivity contribution in [2.24, 2.45) is 0 Å². The summed E-state index contributed by atoms with van der Waals surface area (Å²) in [7, 11) is 0. The Hall–Kier alpha value is -0.0404. The predicted octanol–water partition coefficient (Wildman–Crippen LogP) is 2.01. The summed E-state index contributed by atoms with van der Waals surface area (Å²) in [5.41, 5.74) is 1.96. The third kappa shape index (κ3) is 5.39. The van der Waals surface area contributed by atoms with Gasteiger partial charge in [0.25, 0.3) is 0 Å². The van der Waals surface area contributed by atoms with E-state index in [0.717, 1.165) is 21.5 Å². The molecule has 1 heterocycles. The van der Waals surface area contributed by atoms with Gasteiger partial charge in [0.05, 0.1) is 0 Å². The fourth-order valence-corrected chi connectivity index (χ4v) is 8.83. The zero-order valence-corrected chi connectivity index (χ0v) is 16.3. The Bertz CT molecular complexity index is 459. The zero-order valence-electron chi connectivity index (χ0n) is 12.4. The van der Waals surface area contributed by atoms with Gasteiger partial charge in [-0.15, -0.1) is 0 Å². The SMILES string of the molecule is CCCC[Te+](CCCC)Cc1nc2ccccc2o1.[Br-]. The first-order valence-electron chi connectivity index (χ1n) is 7.32. The van der Waals surface area contributed by atoms with Crippen LogP contribution in [0, 0.1) is 0 Å². The molecule has 0 aliphatic heterocycles. The van der Waals surface area contributed by atoms with Crippen LogP contribution in [-0.4, -0.2) is 24.5 Å². The normalized spacial score (nSPS) is 10.9. The number of rotatable bonds is 8. The third-order valence-corrected chi connectivity index (χ3v) is 10.1. The molecule has 0 spiro atoms. The van der Waals surface area contributed by atoms with E-state index in [1.54, 1.807) is 0 Å². The molecule has 2 rings (SSSR count). The molecule has 0 unspecified atom stereocenters. The van der Waals surface area contributed by atoms with Gasteiger partial charge in [0.15, 0.2) is 0 Å². The molecule has 1 aromatic heterocycles. The molecule has 20 heavy (non-hydrogen) atoms. The molecule has 0 fully saturated rings. The predicted molar refractivity (Wildman–Crippen MR) is 82.9 cm³/mol. The van der Waals surface area contributed by atoms with Gasteiger partial charge in [0.2, 0.25) is 0 Å². The number of aromatic nitrogens is 1. The van der Waals surface area contributed by atoms with Gasteiger partial charge in [-0.1, -0.05) is 0 Å². The summed E-state index contributed by atoms with van der Waals surface area (Å²) in [5, 5.41) is 0. The summed E-state index contributed by atoms with van der Waals surface area (Å²) in [6.07, 6.45) is 5.41. The molecule has 2 aromatic rings. The van der Waals surface area contributed by atoms with Crippen molar-refractivity contribution >= 4 is 30.7 Å². The van der Waals surface area contributed by atoms with Crippen LogP contribution in [0.3, 0.4) is 0 Å². The van der Waals surface area contributed by atoms with Gasteiger partial charge in [-0.3, -0.25) is 0 Å². The first-order chi connectivity index (χ1) is 9.33. The average Bonchev–Trinajstić information content (AvgIpc) is 2.84. The van der Waals surface area contributed by atoms with Crippen LogP contribution in [0.5, 0.6) is 0 Å². The van der Waals surface area contributed by atoms with Gasteiger partial charge in [-0.05, 0) is 0 Å². The monoisotopic (exact) mass is 455 g/mol. The van der Waals surface area contributed by atoms with E-state index in [4.69, 9.17) is 4.42 Å². The molecular weight excluding hydrogens is 430 g/mol. The molecule has 2 nitrogen and oxygen atoms in total. The maximum atomic E-state index is 5.89. The Labute approximate surface area is 139 Å². The summed E-state index contributed by atoms with van der Waals surface area (Å²) < 4.78 is 10.00. The van der Waals surface area contributed by atoms with Crippen molar-refractivity contribution in [2.45, 2.75) is 52.9 Å². The van der Waals surface area contributed by atoms with Crippen LogP contribution in [0.4, 0.5) is 0 Å². The Balaban J connectivity index is 0.00000200. The topological polar surface area (TPSA) is 26.0 Å². The van der Waals surface area contributed by atoms with E-state index in [0.29, 0.717) is 0 Å². The van der Waals surface area contributed by atoms with Crippen LogP contribution in [-0.2, 0) is 4.47 Å². The first kappa shape index (κ1) is 18.0. The first-order valence-corrected chi connectivity index (χ1v) is 12.3. The van der Waals surface area contributed by atoms with Crippen molar-refractivity contribution in [2.75, 3.05) is 0 Å². The number of hydrogen-bond acceptors (Lipinski definition) is 2. The minimum atomic E-state index is -1.03. The number of unbranched alkanes of at least 4 members (excludes halogenated alkanes) is 2. The molecule has 0 amide bonds. The second-order valence-corrected chi connectivity index (χ2v) is 11.6. The molecule has 0 N–H and O–H groups in total. The van der Waals surface area contributed by atoms with Gasteiger partial charge in [0.1, 0.15) is 0 Å². The molecule has 0 bridgehead atoms. The standard InChI is InChI=1S/C16H24NOTe.BrH/c1-3-5-11-19(12-6-4-2)13-16-17-14-9-7-8-10-15(14)18-16;/h7-10H,3-6,11-13H2,1-2H3;1H/q+1;/p-1. The van der Waals surface area contributed by atoms with Crippen molar-refractivity contribution in [3.8, 4) is 0 Å². The summed E-state index contributed by atoms with van der Waals surface area (Å²) >= 11 is -1.03. The van der Waals surface area contributed by atoms with Crippen molar-refractivity contribution < 1.29 is 21.4 Å². The minimum absolute atomic E-state index is 0. The van der Waals surface area contributed by atoms with Crippen LogP contribution in [0.15, 0.2) is 28.7 Å². The second kappa shape index (κ2) is 9.82. The number of oxazole rings is 1. The van der Waals surface area contributed by atoms with E-state index >= 15 is 0 Å². The Morgan fingerprint density at radius 1 is 1.05 bits per heavy atom. The molecule has 0 atom stereocenters. The third-order valence-electron chi connectivity index (χ3n) is 3.24. The molecule has 0 aliphatic carbocycles. The number of nitrogens with zero attached hydrogens (tertiary/aromatic N) is 1. The zero-order chi connectivity index (χ0) is 13.5. The number of benzene rings is 1. The quantitative estimate of drug-likeness (QED) is 0.572. The Morgan fingerprint density at radius 3 is 2.30 bits per heavy atom. The van der Waals surface area contributed by atoms with Crippen molar-refractivity contribution in [1.29, 1.82) is 0 Å². The fraction of sp³-hybridized carbons (Fsp3) is 0.562. The van der Waals surface area contributed by atoms with E-state index in [1.807, 2.05) is 24.3 Å². The largest absolute Gasteiger partial charge is 1.00 e. The number of halogens is 1. The second-order valence-electron chi connectivity index (χ2n) is 4.95. The molecular formula is C16H24BrNOTe. The van der Waals surface area contributed by atoms with E-state index in [-0.39, 0.29) is 17.0 Å². The van der Waals surface area contributed by atoms with Crippen LogP contribution in [0.25, 0.3) is 11.1 Å². The van der Waals surface area contributed by atoms with Crippen LogP contribution in [0.2, 0.25) is 8.94 Å². The minimum Gasteiger partial charge on any atom is -1.00 e. The van der Waals surface area contributed by atoms with E-state index < -0.39 is 19.6 Å². The maximum Gasteiger partial charge on any atom is -1.00 e. The smallest absolute Gasteiger partial charge is 1.00 e. The van der Waals surface area contributed by atoms with Crippen LogP contribution < -0.4 is 17.0 Å². The Kier molecular flexibility index (Phi) is 8.84. The van der Waals surface area contributed by atoms with Crippen LogP contribution >= 0.6 is 0 Å². The van der Waals surface area contributed by atoms with Gasteiger partial charge >= 0.3 is 123 Å². The van der Waals surface area contributed by atoms with Gasteiger partial charge in [0, 0.05) is 0 Å². The van der Waals surface area contributed by atoms with E-state index in [2.05, 4.69) is 18.8 Å². The van der Waals surface area contributed by atoms with Gasteiger partial charge < -0.3 is 17.0 Å². The van der Waals surface area contributed by atoms with Gasteiger partial charge in [-0.25, -0.2) is 0 Å². The summed E-state index contributed by atoms with van der Waals surface area (Å²) in [6.45, 7) is 4.57. The average molecular weight is 454 g/mol. The number of para-hydroxylation sites is 2. The van der Waals surface area contributed by atoms with Crippen molar-refractivity contribution in [3.63, 3.8) is 0 Å². The fourth-order valence-electron chi connectivity index (χ4n) is 2.10. The van der Waals surface area contributed by atoms with E-state index in [9.17, 15) is 0 Å². The summed E-state index contributed by atoms with van der Waals surface area (Å²) in [6, 6.07) is 8.10. The van der Waals surface area contributed by atoms with E-state index in [1.165, 1.54) is 34.6 Å². The molecule has 1 aromatic carbocycles. The summed E-state index contributed by atoms with van der Waals surface area (Å²) in [5.74, 6) is 0.991. The summed E-state index contributed by atoms with van der Waals surface area (Å²) in [4.78, 5) is 4.64. The van der Waals surface area contributed by atoms with Crippen molar-refractivity contribution in [1.82, 2.24) is 4.98 Å². The maximum absolute atomic E-state index is 5.89. The molecule has 0 saturated heterocycles. The molecule has 0 radical (unpaired) electrons. The number of fused-ring (bicyclic) bond motifs is 1. The van der Waals surface area contributed by atoms with Crippen LogP contribution in [0.1, 0.15) is 45.4 Å².